The van der Waals surface area contributed by atoms with Gasteiger partial charge < -0.3 is 29.2 Å². The molecule has 5 rings (SSSR count). The molecule has 2 aliphatic rings. The van der Waals surface area contributed by atoms with Crippen LogP contribution in [0.5, 0.6) is 0 Å². The largest absolute Gasteiger partial charge is 0.444 e. The molecule has 0 radical (unpaired) electrons. The minimum atomic E-state index is -4.65. The molecule has 48 heavy (non-hydrogen) atoms. The van der Waals surface area contributed by atoms with Crippen molar-refractivity contribution in [3.05, 3.63) is 56.2 Å². The average molecular weight is 694 g/mol. The van der Waals surface area contributed by atoms with Gasteiger partial charge in [0.25, 0.3) is 5.56 Å². The summed E-state index contributed by atoms with van der Waals surface area (Å²) in [5.41, 5.74) is -0.161. The lowest BCUT2D eigenvalue weighted by molar-refractivity contribution is -0.137. The molecule has 2 aliphatic heterocycles. The summed E-state index contributed by atoms with van der Waals surface area (Å²) in [5, 5.41) is 6.69. The first-order valence-electron chi connectivity index (χ1n) is 15.7. The van der Waals surface area contributed by atoms with Crippen molar-refractivity contribution in [3.8, 4) is 0 Å². The van der Waals surface area contributed by atoms with Gasteiger partial charge >= 0.3 is 12.3 Å². The van der Waals surface area contributed by atoms with Gasteiger partial charge in [-0.3, -0.25) is 9.59 Å². The van der Waals surface area contributed by atoms with Crippen LogP contribution < -0.4 is 15.8 Å². The van der Waals surface area contributed by atoms with Crippen molar-refractivity contribution >= 4 is 46.3 Å². The number of piperazine rings is 1. The number of carbonyl (C=O) groups excluding carboxylic acids is 2. The second kappa shape index (κ2) is 13.4. The molecule has 4 heterocycles. The lowest BCUT2D eigenvalue weighted by Crippen LogP contribution is -2.56. The smallest absolute Gasteiger partial charge is 0.417 e. The van der Waals surface area contributed by atoms with Gasteiger partial charge in [-0.15, -0.1) is 5.10 Å². The lowest BCUT2D eigenvalue weighted by Gasteiger charge is -2.41. The van der Waals surface area contributed by atoms with E-state index in [0.29, 0.717) is 62.9 Å². The van der Waals surface area contributed by atoms with Gasteiger partial charge in [0.2, 0.25) is 11.7 Å². The quantitative estimate of drug-likeness (QED) is 0.368. The van der Waals surface area contributed by atoms with E-state index in [4.69, 9.17) is 21.1 Å². The second-order valence-corrected chi connectivity index (χ2v) is 13.3. The topological polar surface area (TPSA) is 123 Å². The van der Waals surface area contributed by atoms with E-state index in [2.05, 4.69) is 15.4 Å². The van der Waals surface area contributed by atoms with Crippen molar-refractivity contribution in [2.45, 2.75) is 78.7 Å². The summed E-state index contributed by atoms with van der Waals surface area (Å²) < 4.78 is 54.0. The van der Waals surface area contributed by atoms with Crippen LogP contribution in [0.2, 0.25) is 5.02 Å². The number of amides is 2. The van der Waals surface area contributed by atoms with Gasteiger partial charge in [0.05, 0.1) is 29.5 Å². The van der Waals surface area contributed by atoms with Gasteiger partial charge in [-0.25, -0.2) is 4.79 Å². The number of carbonyl (C=O) groups is 2. The SMILES string of the molecule is CCc1c(N2CCN(C(=O)OC(C)(C)C)[C@H](C)C2)c(=O)n2nc(C3=CCOCC3)nc2n1CC(=O)Nc1cc(Cl)c(C(F)(F)F)cc1C. The van der Waals surface area contributed by atoms with Gasteiger partial charge in [-0.1, -0.05) is 24.6 Å². The first-order chi connectivity index (χ1) is 22.5. The average Bonchev–Trinajstić information content (AvgIpc) is 3.45. The molecule has 0 bridgehead atoms. The molecule has 16 heteroatoms. The number of aryl methyl sites for hydroxylation is 1. The number of nitrogens with zero attached hydrogens (tertiary/aromatic N) is 6. The Kier molecular flexibility index (Phi) is 9.84. The molecule has 0 unspecified atom stereocenters. The number of fused-ring (bicyclic) bond motifs is 1. The summed E-state index contributed by atoms with van der Waals surface area (Å²) in [6.45, 7) is 12.0. The Labute approximate surface area is 280 Å². The molecule has 2 aromatic heterocycles. The summed E-state index contributed by atoms with van der Waals surface area (Å²) in [6, 6.07) is 1.65. The lowest BCUT2D eigenvalue weighted by atomic mass is 10.1. The van der Waals surface area contributed by atoms with E-state index in [1.54, 1.807) is 30.2 Å². The number of alkyl halides is 3. The standard InChI is InChI=1S/C32H39ClF3N7O5/c1-7-24-26(40-10-11-41(19(3)16-40)30(46)48-31(4,5)6)28(45)43-29(38-27(39-43)20-8-12-47-13-9-20)42(24)17-25(44)37-23-15-22(33)21(14-18(23)2)32(34,35)36/h8,14-15,19H,7,9-13,16-17H2,1-6H3,(H,37,44)/t19-/m1/s1. The molecule has 1 aromatic carbocycles. The number of halogens is 4. The fourth-order valence-corrected chi connectivity index (χ4v) is 6.19. The van der Waals surface area contributed by atoms with E-state index < -0.39 is 39.9 Å². The Morgan fingerprint density at radius 2 is 1.92 bits per heavy atom. The van der Waals surface area contributed by atoms with E-state index >= 15 is 0 Å². The van der Waals surface area contributed by atoms with E-state index in [9.17, 15) is 27.6 Å². The third-order valence-corrected chi connectivity index (χ3v) is 8.49. The Morgan fingerprint density at radius 3 is 2.52 bits per heavy atom. The minimum Gasteiger partial charge on any atom is -0.444 e. The summed E-state index contributed by atoms with van der Waals surface area (Å²) in [4.78, 5) is 48.8. The number of hydrogen-bond acceptors (Lipinski definition) is 8. The predicted molar refractivity (Wildman–Crippen MR) is 174 cm³/mol. The number of hydrogen-bond donors (Lipinski definition) is 1. The van der Waals surface area contributed by atoms with Gasteiger partial charge in [0, 0.05) is 31.4 Å². The number of benzene rings is 1. The normalized spacial score (nSPS) is 17.5. The summed E-state index contributed by atoms with van der Waals surface area (Å²) >= 11 is 5.94. The van der Waals surface area contributed by atoms with E-state index in [-0.39, 0.29) is 29.6 Å². The zero-order chi connectivity index (χ0) is 35.1. The number of aromatic nitrogens is 4. The Bertz CT molecular complexity index is 1830. The molecule has 260 valence electrons. The third-order valence-electron chi connectivity index (χ3n) is 8.18. The molecule has 0 aliphatic carbocycles. The van der Waals surface area contributed by atoms with Crippen LogP contribution in [0.15, 0.2) is 23.0 Å². The van der Waals surface area contributed by atoms with Crippen LogP contribution in [0, 0.1) is 6.92 Å². The Balaban J connectivity index is 1.55. The first kappa shape index (κ1) is 35.2. The molecule has 2 amide bonds. The Hall–Kier alpha value is -4.11. The van der Waals surface area contributed by atoms with Crippen LogP contribution in [0.3, 0.4) is 0 Å². The van der Waals surface area contributed by atoms with Gasteiger partial charge in [0.15, 0.2) is 5.82 Å². The zero-order valence-corrected chi connectivity index (χ0v) is 28.5. The molecule has 1 atom stereocenters. The number of ether oxygens (including phenoxy) is 2. The molecular weight excluding hydrogens is 655 g/mol. The molecular formula is C32H39ClF3N7O5. The van der Waals surface area contributed by atoms with Crippen molar-refractivity contribution < 1.29 is 32.2 Å². The summed E-state index contributed by atoms with van der Waals surface area (Å²) in [7, 11) is 0. The molecule has 1 N–H and O–H groups in total. The summed E-state index contributed by atoms with van der Waals surface area (Å²) in [5.74, 6) is -0.101. The summed E-state index contributed by atoms with van der Waals surface area (Å²) in [6.07, 6.45) is -2.38. The molecule has 0 spiro atoms. The first-order valence-corrected chi connectivity index (χ1v) is 16.1. The van der Waals surface area contributed by atoms with Crippen LogP contribution in [0.25, 0.3) is 11.4 Å². The second-order valence-electron chi connectivity index (χ2n) is 12.9. The number of rotatable bonds is 6. The number of nitrogens with one attached hydrogen (secondary N) is 1. The van der Waals surface area contributed by atoms with Crippen LogP contribution >= 0.6 is 11.6 Å². The van der Waals surface area contributed by atoms with E-state index in [0.717, 1.165) is 17.7 Å². The fraction of sp³-hybridized carbons (Fsp3) is 0.531. The van der Waals surface area contributed by atoms with Gasteiger partial charge in [-0.05, 0) is 70.7 Å². The van der Waals surface area contributed by atoms with Crippen LogP contribution in [-0.4, -0.2) is 80.6 Å². The molecule has 1 fully saturated rings. The molecule has 0 saturated carbocycles. The van der Waals surface area contributed by atoms with Gasteiger partial charge in [-0.2, -0.15) is 22.7 Å². The zero-order valence-electron chi connectivity index (χ0n) is 27.7. The van der Waals surface area contributed by atoms with Crippen molar-refractivity contribution in [2.24, 2.45) is 0 Å². The van der Waals surface area contributed by atoms with Crippen LogP contribution in [0.1, 0.15) is 63.7 Å². The van der Waals surface area contributed by atoms with Crippen LogP contribution in [0.4, 0.5) is 29.3 Å². The highest BCUT2D eigenvalue weighted by Crippen LogP contribution is 2.37. The molecule has 12 nitrogen and oxygen atoms in total. The van der Waals surface area contributed by atoms with Crippen molar-refractivity contribution in [1.29, 1.82) is 0 Å². The minimum absolute atomic E-state index is 0.120. The molecule has 1 saturated heterocycles. The van der Waals surface area contributed by atoms with Crippen molar-refractivity contribution in [1.82, 2.24) is 24.1 Å². The van der Waals surface area contributed by atoms with Crippen LogP contribution in [-0.2, 0) is 33.4 Å². The highest BCUT2D eigenvalue weighted by atomic mass is 35.5. The fourth-order valence-electron chi connectivity index (χ4n) is 5.91. The maximum Gasteiger partial charge on any atom is 0.417 e. The van der Waals surface area contributed by atoms with Crippen molar-refractivity contribution in [2.75, 3.05) is 43.1 Å². The monoisotopic (exact) mass is 693 g/mol. The predicted octanol–water partition coefficient (Wildman–Crippen LogP) is 5.32. The third kappa shape index (κ3) is 7.31. The maximum absolute atomic E-state index is 14.2. The van der Waals surface area contributed by atoms with E-state index in [1.165, 1.54) is 11.4 Å². The highest BCUT2D eigenvalue weighted by molar-refractivity contribution is 6.31. The molecule has 3 aromatic rings. The Morgan fingerprint density at radius 1 is 1.19 bits per heavy atom. The van der Waals surface area contributed by atoms with E-state index in [1.807, 2.05) is 24.8 Å². The maximum atomic E-state index is 14.2. The highest BCUT2D eigenvalue weighted by Gasteiger charge is 2.35. The van der Waals surface area contributed by atoms with Gasteiger partial charge in [0.1, 0.15) is 17.8 Å². The van der Waals surface area contributed by atoms with Crippen molar-refractivity contribution in [3.63, 3.8) is 0 Å². The number of anilines is 2.